The Morgan fingerprint density at radius 2 is 2.00 bits per heavy atom. The summed E-state index contributed by atoms with van der Waals surface area (Å²) in [5.74, 6) is 0. The van der Waals surface area contributed by atoms with Gasteiger partial charge < -0.3 is 17.7 Å². The van der Waals surface area contributed by atoms with Crippen molar-refractivity contribution in [2.24, 2.45) is 0 Å². The van der Waals surface area contributed by atoms with E-state index in [1.54, 1.807) is 0 Å². The Kier molecular flexibility index (Phi) is 8.42. The van der Waals surface area contributed by atoms with Crippen LogP contribution in [0.15, 0.2) is 30.5 Å². The molecular weight excluding hydrogens is 260 g/mol. The second-order valence-electron chi connectivity index (χ2n) is 3.15. The van der Waals surface area contributed by atoms with E-state index >= 15 is 0 Å². The molecule has 0 radical (unpaired) electrons. The molecule has 0 atom stereocenters. The van der Waals surface area contributed by atoms with Crippen LogP contribution in [-0.2, 0) is 21.8 Å². The summed E-state index contributed by atoms with van der Waals surface area (Å²) in [4.78, 5) is 3.26. The molecule has 1 N–H and O–H groups in total. The van der Waals surface area contributed by atoms with Crippen molar-refractivity contribution in [2.75, 3.05) is 13.6 Å². The molecular formula is C12H16ClCrN2. The number of likely N-dealkylation sites (N-methyl/N-ethyl adjacent to an activating group) is 1. The van der Waals surface area contributed by atoms with E-state index in [1.165, 1.54) is 16.5 Å². The molecule has 0 spiro atoms. The van der Waals surface area contributed by atoms with E-state index in [9.17, 15) is 0 Å². The van der Waals surface area contributed by atoms with Crippen LogP contribution < -0.4 is 0 Å². The predicted molar refractivity (Wildman–Crippen MR) is 68.4 cm³/mol. The van der Waals surface area contributed by atoms with Gasteiger partial charge in [-0.1, -0.05) is 18.2 Å². The average Bonchev–Trinajstić information content (AvgIpc) is 2.72. The van der Waals surface area contributed by atoms with E-state index in [4.69, 9.17) is 0 Å². The van der Waals surface area contributed by atoms with Gasteiger partial charge in [0.1, 0.15) is 0 Å². The van der Waals surface area contributed by atoms with Crippen molar-refractivity contribution < 1.29 is 15.4 Å². The predicted octanol–water partition coefficient (Wildman–Crippen LogP) is 3.85. The van der Waals surface area contributed by atoms with Crippen molar-refractivity contribution in [1.82, 2.24) is 4.98 Å². The summed E-state index contributed by atoms with van der Waals surface area (Å²) in [7, 11) is 6.37. The zero-order chi connectivity index (χ0) is 11.1. The van der Waals surface area contributed by atoms with Crippen LogP contribution >= 0.6 is 10.0 Å². The molecule has 0 saturated carbocycles. The first-order chi connectivity index (χ1) is 7.42. The summed E-state index contributed by atoms with van der Waals surface area (Å²) in [5.41, 5.74) is 2.58. The van der Waals surface area contributed by atoms with Crippen molar-refractivity contribution in [3.05, 3.63) is 48.8 Å². The molecule has 0 saturated heterocycles. The molecule has 0 aliphatic rings. The third-order valence-corrected chi connectivity index (χ3v) is 2.28. The Balaban J connectivity index is 0.000000711. The maximum atomic E-state index is 4.51. The first-order valence-electron chi connectivity index (χ1n) is 4.68. The SMILES string of the molecule is C[N-]CCc1c[nH]c2ccccc12.[CH3-].[Cl][Cr+2]. The van der Waals surface area contributed by atoms with Gasteiger partial charge in [0.15, 0.2) is 0 Å². The Labute approximate surface area is 110 Å². The van der Waals surface area contributed by atoms with E-state index in [2.05, 4.69) is 60.1 Å². The molecule has 4 heteroatoms. The third-order valence-electron chi connectivity index (χ3n) is 2.28. The van der Waals surface area contributed by atoms with Gasteiger partial charge in [0.25, 0.3) is 0 Å². The van der Waals surface area contributed by atoms with Crippen molar-refractivity contribution >= 4 is 21.0 Å². The molecule has 0 amide bonds. The van der Waals surface area contributed by atoms with Gasteiger partial charge in [-0.05, 0) is 18.1 Å². The molecule has 2 rings (SSSR count). The number of fused-ring (bicyclic) bond motifs is 1. The molecule has 0 bridgehead atoms. The van der Waals surface area contributed by atoms with Crippen LogP contribution in [0.2, 0.25) is 0 Å². The zero-order valence-corrected chi connectivity index (χ0v) is 11.6. The Morgan fingerprint density at radius 1 is 1.31 bits per heavy atom. The molecule has 0 fully saturated rings. The fraction of sp³-hybridized carbons (Fsp3) is 0.250. The first kappa shape index (κ1) is 15.5. The number of halogens is 1. The minimum absolute atomic E-state index is 0. The summed E-state index contributed by atoms with van der Waals surface area (Å²) in [6, 6.07) is 8.37. The summed E-state index contributed by atoms with van der Waals surface area (Å²) < 4.78 is 0. The average molecular weight is 276 g/mol. The quantitative estimate of drug-likeness (QED) is 0.825. The van der Waals surface area contributed by atoms with Crippen LogP contribution in [0.5, 0.6) is 0 Å². The minimum atomic E-state index is 0. The maximum absolute atomic E-state index is 4.51. The van der Waals surface area contributed by atoms with Gasteiger partial charge >= 0.3 is 25.4 Å². The zero-order valence-electron chi connectivity index (χ0n) is 9.53. The van der Waals surface area contributed by atoms with Gasteiger partial charge in [-0.15, -0.1) is 6.54 Å². The topological polar surface area (TPSA) is 29.9 Å². The Morgan fingerprint density at radius 3 is 2.69 bits per heavy atom. The van der Waals surface area contributed by atoms with Crippen molar-refractivity contribution in [1.29, 1.82) is 0 Å². The fourth-order valence-corrected chi connectivity index (χ4v) is 1.57. The van der Waals surface area contributed by atoms with Gasteiger partial charge in [-0.25, -0.2) is 0 Å². The number of hydrogen-bond acceptors (Lipinski definition) is 0. The number of para-hydroxylation sites is 1. The number of nitrogens with zero attached hydrogens (tertiary/aromatic N) is 1. The van der Waals surface area contributed by atoms with Crippen molar-refractivity contribution in [3.63, 3.8) is 0 Å². The monoisotopic (exact) mass is 275 g/mol. The van der Waals surface area contributed by atoms with Gasteiger partial charge in [-0.3, -0.25) is 0 Å². The number of aromatic amines is 1. The van der Waals surface area contributed by atoms with Gasteiger partial charge in [0.2, 0.25) is 0 Å². The van der Waals surface area contributed by atoms with E-state index in [0.717, 1.165) is 13.0 Å². The van der Waals surface area contributed by atoms with Gasteiger partial charge in [0.05, 0.1) is 0 Å². The Hall–Kier alpha value is -0.458. The second kappa shape index (κ2) is 8.67. The fourth-order valence-electron chi connectivity index (χ4n) is 1.57. The van der Waals surface area contributed by atoms with Crippen LogP contribution in [0.1, 0.15) is 5.56 Å². The summed E-state index contributed by atoms with van der Waals surface area (Å²) in [5, 5.41) is 5.43. The van der Waals surface area contributed by atoms with Crippen LogP contribution in [0.3, 0.4) is 0 Å². The number of benzene rings is 1. The first-order valence-corrected chi connectivity index (χ1v) is 6.43. The molecule has 0 aliphatic carbocycles. The molecule has 1 heterocycles. The molecule has 1 aromatic heterocycles. The van der Waals surface area contributed by atoms with Crippen LogP contribution in [-0.4, -0.2) is 18.6 Å². The van der Waals surface area contributed by atoms with Gasteiger partial charge in [0, 0.05) is 17.1 Å². The molecule has 0 aliphatic heterocycles. The van der Waals surface area contributed by atoms with E-state index in [-0.39, 0.29) is 7.43 Å². The van der Waals surface area contributed by atoms with E-state index in [1.807, 2.05) is 13.1 Å². The van der Waals surface area contributed by atoms with E-state index < -0.39 is 0 Å². The molecule has 0 unspecified atom stereocenters. The van der Waals surface area contributed by atoms with Crippen LogP contribution in [0, 0.1) is 7.43 Å². The summed E-state index contributed by atoms with van der Waals surface area (Å²) in [6.07, 6.45) is 3.11. The van der Waals surface area contributed by atoms with Crippen LogP contribution in [0.25, 0.3) is 16.2 Å². The van der Waals surface area contributed by atoms with Crippen LogP contribution in [0.4, 0.5) is 0 Å². The van der Waals surface area contributed by atoms with Gasteiger partial charge in [-0.2, -0.15) is 7.05 Å². The number of nitrogens with one attached hydrogen (secondary N) is 1. The van der Waals surface area contributed by atoms with E-state index in [0.29, 0.717) is 0 Å². The molecule has 2 aromatic rings. The van der Waals surface area contributed by atoms with Crippen molar-refractivity contribution in [3.8, 4) is 0 Å². The molecule has 1 aromatic carbocycles. The number of aromatic nitrogens is 1. The molecule has 2 nitrogen and oxygen atoms in total. The van der Waals surface area contributed by atoms with Crippen molar-refractivity contribution in [2.45, 2.75) is 6.42 Å². The normalized spacial score (nSPS) is 9.06. The standard InChI is InChI=1S/C11H13N2.CH3.ClH.Cr/c1-12-7-6-9-8-13-11-5-3-2-4-10(9)11;;;/h2-5,8,13H,6-7H2,1H3;1H3;1H;/q2*-1;;+3/p-1. The summed E-state index contributed by atoms with van der Waals surface area (Å²) in [6.45, 7) is 0.905. The summed E-state index contributed by atoms with van der Waals surface area (Å²) >= 11 is 2.10. The number of hydrogen-bond donors (Lipinski definition) is 1. The molecule has 87 valence electrons. The number of H-pyrrole nitrogens is 1. The molecule has 16 heavy (non-hydrogen) atoms. The number of rotatable bonds is 3. The second-order valence-corrected chi connectivity index (χ2v) is 3.15. The Bertz CT molecular complexity index is 401. The third kappa shape index (κ3) is 3.84.